The smallest absolute Gasteiger partial charge is 0.254 e. The molecule has 1 aromatic heterocycles. The Hall–Kier alpha value is -2.46. The predicted octanol–water partition coefficient (Wildman–Crippen LogP) is 4.92. The van der Waals surface area contributed by atoms with E-state index in [1.165, 1.54) is 11.0 Å². The molecular formula is C20H18ClFN2O. The first-order valence-electron chi connectivity index (χ1n) is 7.93. The van der Waals surface area contributed by atoms with Crippen molar-refractivity contribution in [1.82, 2.24) is 9.88 Å². The Bertz CT molecular complexity index is 951. The zero-order valence-corrected chi connectivity index (χ0v) is 15.1. The van der Waals surface area contributed by atoms with Gasteiger partial charge in [-0.05, 0) is 44.2 Å². The van der Waals surface area contributed by atoms with E-state index in [2.05, 4.69) is 4.98 Å². The molecule has 25 heavy (non-hydrogen) atoms. The molecule has 0 atom stereocenters. The summed E-state index contributed by atoms with van der Waals surface area (Å²) < 4.78 is 14.0. The summed E-state index contributed by atoms with van der Waals surface area (Å²) in [7, 11) is 1.64. The summed E-state index contributed by atoms with van der Waals surface area (Å²) in [5, 5.41) is 1.10. The molecule has 128 valence electrons. The highest BCUT2D eigenvalue weighted by Gasteiger charge is 2.19. The first-order valence-corrected chi connectivity index (χ1v) is 8.31. The number of aryl methyl sites for hydroxylation is 2. The van der Waals surface area contributed by atoms with E-state index in [0.29, 0.717) is 16.1 Å². The molecule has 1 heterocycles. The van der Waals surface area contributed by atoms with E-state index in [1.54, 1.807) is 25.2 Å². The third-order valence-corrected chi connectivity index (χ3v) is 4.48. The van der Waals surface area contributed by atoms with Gasteiger partial charge in [0.25, 0.3) is 5.91 Å². The summed E-state index contributed by atoms with van der Waals surface area (Å²) in [4.78, 5) is 18.9. The molecule has 0 unspecified atom stereocenters. The molecule has 0 aliphatic carbocycles. The zero-order chi connectivity index (χ0) is 18.1. The van der Waals surface area contributed by atoms with Gasteiger partial charge in [-0.25, -0.2) is 4.39 Å². The minimum absolute atomic E-state index is 0.0962. The van der Waals surface area contributed by atoms with Gasteiger partial charge in [-0.15, -0.1) is 0 Å². The number of nitrogens with zero attached hydrogens (tertiary/aromatic N) is 2. The molecule has 0 bridgehead atoms. The molecule has 0 saturated heterocycles. The Balaban J connectivity index is 2.00. The molecular weight excluding hydrogens is 339 g/mol. The highest BCUT2D eigenvalue weighted by atomic mass is 35.5. The van der Waals surface area contributed by atoms with Crippen molar-refractivity contribution in [2.75, 3.05) is 7.05 Å². The van der Waals surface area contributed by atoms with Crippen LogP contribution in [-0.2, 0) is 6.54 Å². The number of hydrogen-bond acceptors (Lipinski definition) is 2. The fourth-order valence-corrected chi connectivity index (χ4v) is 3.07. The lowest BCUT2D eigenvalue weighted by atomic mass is 10.0. The Labute approximate surface area is 151 Å². The second kappa shape index (κ2) is 6.81. The summed E-state index contributed by atoms with van der Waals surface area (Å²) in [6.07, 6.45) is 0. The fraction of sp³-hybridized carbons (Fsp3) is 0.200. The van der Waals surface area contributed by atoms with Crippen molar-refractivity contribution in [1.29, 1.82) is 0 Å². The van der Waals surface area contributed by atoms with E-state index in [9.17, 15) is 9.18 Å². The highest BCUT2D eigenvalue weighted by Crippen LogP contribution is 2.24. The molecule has 5 heteroatoms. The summed E-state index contributed by atoms with van der Waals surface area (Å²) in [6.45, 7) is 3.92. The fourth-order valence-electron chi connectivity index (χ4n) is 2.85. The number of rotatable bonds is 3. The van der Waals surface area contributed by atoms with E-state index in [-0.39, 0.29) is 12.5 Å². The van der Waals surface area contributed by atoms with Gasteiger partial charge < -0.3 is 4.90 Å². The molecule has 3 aromatic rings. The molecule has 0 aliphatic heterocycles. The molecule has 2 aromatic carbocycles. The largest absolute Gasteiger partial charge is 0.337 e. The van der Waals surface area contributed by atoms with Crippen LogP contribution in [0.5, 0.6) is 0 Å². The van der Waals surface area contributed by atoms with Gasteiger partial charge >= 0.3 is 0 Å². The molecule has 0 fully saturated rings. The third kappa shape index (κ3) is 3.49. The number of pyridine rings is 1. The number of aromatic nitrogens is 1. The van der Waals surface area contributed by atoms with Crippen LogP contribution in [0.1, 0.15) is 27.2 Å². The summed E-state index contributed by atoms with van der Waals surface area (Å²) >= 11 is 6.08. The summed E-state index contributed by atoms with van der Waals surface area (Å²) in [5.74, 6) is -0.612. The van der Waals surface area contributed by atoms with Gasteiger partial charge in [0.05, 0.1) is 11.1 Å². The first kappa shape index (κ1) is 17.4. The van der Waals surface area contributed by atoms with Crippen LogP contribution in [0.3, 0.4) is 0 Å². The highest BCUT2D eigenvalue weighted by molar-refractivity contribution is 6.31. The van der Waals surface area contributed by atoms with Crippen LogP contribution in [-0.4, -0.2) is 22.8 Å². The summed E-state index contributed by atoms with van der Waals surface area (Å²) in [5.41, 5.74) is 3.45. The molecule has 0 spiro atoms. The van der Waals surface area contributed by atoms with Crippen molar-refractivity contribution in [2.24, 2.45) is 0 Å². The molecule has 0 aliphatic rings. The molecule has 0 radical (unpaired) electrons. The monoisotopic (exact) mass is 356 g/mol. The Kier molecular flexibility index (Phi) is 4.73. The van der Waals surface area contributed by atoms with Crippen LogP contribution in [0.15, 0.2) is 42.5 Å². The number of hydrogen-bond donors (Lipinski definition) is 0. The van der Waals surface area contributed by atoms with Crippen LogP contribution in [0, 0.1) is 19.7 Å². The predicted molar refractivity (Wildman–Crippen MR) is 98.4 cm³/mol. The quantitative estimate of drug-likeness (QED) is 0.667. The van der Waals surface area contributed by atoms with E-state index in [1.807, 2.05) is 32.0 Å². The van der Waals surface area contributed by atoms with Gasteiger partial charge in [0.2, 0.25) is 0 Å². The number of fused-ring (bicyclic) bond motifs is 1. The van der Waals surface area contributed by atoms with Gasteiger partial charge in [0.15, 0.2) is 0 Å². The van der Waals surface area contributed by atoms with Crippen LogP contribution in [0.25, 0.3) is 10.9 Å². The lowest BCUT2D eigenvalue weighted by Gasteiger charge is -2.20. The lowest BCUT2D eigenvalue weighted by Crippen LogP contribution is -2.27. The molecule has 3 rings (SSSR count). The van der Waals surface area contributed by atoms with Crippen LogP contribution >= 0.6 is 11.6 Å². The minimum atomic E-state index is -0.418. The zero-order valence-electron chi connectivity index (χ0n) is 14.3. The van der Waals surface area contributed by atoms with Crippen LogP contribution in [0.4, 0.5) is 4.39 Å². The second-order valence-corrected chi connectivity index (χ2v) is 6.60. The maximum Gasteiger partial charge on any atom is 0.254 e. The molecule has 3 nitrogen and oxygen atoms in total. The third-order valence-electron chi connectivity index (χ3n) is 4.13. The lowest BCUT2D eigenvalue weighted by molar-refractivity contribution is 0.0785. The molecule has 0 saturated carbocycles. The van der Waals surface area contributed by atoms with Gasteiger partial charge in [-0.3, -0.25) is 9.78 Å². The Morgan fingerprint density at radius 1 is 1.20 bits per heavy atom. The number of amides is 1. The SMILES string of the molecule is Cc1ccc2nc(C)cc(C(=O)N(C)Cc3c(F)cccc3Cl)c2c1. The van der Waals surface area contributed by atoms with E-state index < -0.39 is 5.82 Å². The van der Waals surface area contributed by atoms with Gasteiger partial charge in [-0.2, -0.15) is 0 Å². The van der Waals surface area contributed by atoms with Gasteiger partial charge in [-0.1, -0.05) is 29.3 Å². The number of benzene rings is 2. The first-order chi connectivity index (χ1) is 11.9. The van der Waals surface area contributed by atoms with Crippen molar-refractivity contribution >= 4 is 28.4 Å². The van der Waals surface area contributed by atoms with E-state index in [0.717, 1.165) is 22.2 Å². The van der Waals surface area contributed by atoms with Crippen LogP contribution in [0.2, 0.25) is 5.02 Å². The number of carbonyl (C=O) groups is 1. The van der Waals surface area contributed by atoms with Crippen molar-refractivity contribution in [2.45, 2.75) is 20.4 Å². The second-order valence-electron chi connectivity index (χ2n) is 6.19. The van der Waals surface area contributed by atoms with Gasteiger partial charge in [0, 0.05) is 35.3 Å². The number of carbonyl (C=O) groups excluding carboxylic acids is 1. The van der Waals surface area contributed by atoms with E-state index in [4.69, 9.17) is 11.6 Å². The van der Waals surface area contributed by atoms with Crippen molar-refractivity contribution < 1.29 is 9.18 Å². The Morgan fingerprint density at radius 2 is 1.96 bits per heavy atom. The van der Waals surface area contributed by atoms with Crippen LogP contribution < -0.4 is 0 Å². The number of halogens is 2. The Morgan fingerprint density at radius 3 is 2.68 bits per heavy atom. The average molecular weight is 357 g/mol. The summed E-state index contributed by atoms with van der Waals surface area (Å²) in [6, 6.07) is 12.1. The average Bonchev–Trinajstić information content (AvgIpc) is 2.57. The molecule has 0 N–H and O–H groups in total. The van der Waals surface area contributed by atoms with Gasteiger partial charge in [0.1, 0.15) is 5.82 Å². The van der Waals surface area contributed by atoms with E-state index >= 15 is 0 Å². The van der Waals surface area contributed by atoms with Crippen molar-refractivity contribution in [3.8, 4) is 0 Å². The maximum atomic E-state index is 14.0. The minimum Gasteiger partial charge on any atom is -0.337 e. The topological polar surface area (TPSA) is 33.2 Å². The molecule has 1 amide bonds. The normalized spacial score (nSPS) is 10.9. The van der Waals surface area contributed by atoms with Crippen molar-refractivity contribution in [3.63, 3.8) is 0 Å². The van der Waals surface area contributed by atoms with Crippen molar-refractivity contribution in [3.05, 3.63) is 75.7 Å². The maximum absolute atomic E-state index is 14.0. The standard InChI is InChI=1S/C20H18ClFN2O/c1-12-7-8-19-14(9-12)15(10-13(2)23-19)20(25)24(3)11-16-17(21)5-4-6-18(16)22/h4-10H,11H2,1-3H3.